The van der Waals surface area contributed by atoms with Gasteiger partial charge in [0.2, 0.25) is 0 Å². The number of hydrogen-bond donors (Lipinski definition) is 0. The fourth-order valence-electron chi connectivity index (χ4n) is 1.06. The molecule has 0 aliphatic carbocycles. The van der Waals surface area contributed by atoms with Crippen LogP contribution in [0.1, 0.15) is 18.9 Å². The second kappa shape index (κ2) is 8.86. The molecule has 0 unspecified atom stereocenters. The van der Waals surface area contributed by atoms with Crippen molar-refractivity contribution < 1.29 is 12.4 Å². The largest absolute Gasteiger partial charge is 2.00 e. The fourth-order valence-corrected chi connectivity index (χ4v) is 1.06. The summed E-state index contributed by atoms with van der Waals surface area (Å²) in [6, 6.07) is 10.6. The Hall–Kier alpha value is 0.276. The van der Waals surface area contributed by atoms with E-state index in [2.05, 4.69) is 44.2 Å². The normalized spacial score (nSPS) is 10.9. The van der Waals surface area contributed by atoms with Gasteiger partial charge in [0.05, 0.1) is 0 Å². The van der Waals surface area contributed by atoms with Gasteiger partial charge in [-0.25, -0.2) is 0 Å². The maximum atomic E-state index is 3.95. The molecule has 68 valence electrons. The zero-order valence-electron chi connectivity index (χ0n) is 8.17. The second-order valence-electron chi connectivity index (χ2n) is 3.13. The van der Waals surface area contributed by atoms with E-state index in [1.165, 1.54) is 12.0 Å². The Balaban J connectivity index is 0. The maximum Gasteiger partial charge on any atom is 2.00 e. The zero-order valence-corrected chi connectivity index (χ0v) is 10.3. The van der Waals surface area contributed by atoms with Gasteiger partial charge in [-0.3, -0.25) is 0 Å². The molecule has 0 aromatic heterocycles. The number of rotatable bonds is 3. The van der Waals surface area contributed by atoms with E-state index in [1.807, 2.05) is 0 Å². The Bertz CT molecular complexity index is 197. The SMILES string of the molecule is [CH2-][C@H](C)CCc1ccccc1.[Cl-].[Mg+2]. The average molecular weight is 207 g/mol. The summed E-state index contributed by atoms with van der Waals surface area (Å²) in [6.45, 7) is 6.11. The molecule has 0 radical (unpaired) electrons. The van der Waals surface area contributed by atoms with E-state index in [-0.39, 0.29) is 35.5 Å². The standard InChI is InChI=1S/C11H15.ClH.Mg/c1-10(2)8-9-11-6-4-3-5-7-11;;/h3-7,10H,1,8-9H2,2H3;1H;/q-1;;+2/p-1/t10-;;/m1../s1. The molecule has 0 N–H and O–H groups in total. The van der Waals surface area contributed by atoms with Gasteiger partial charge in [0.1, 0.15) is 0 Å². The van der Waals surface area contributed by atoms with Gasteiger partial charge < -0.3 is 19.3 Å². The molecule has 0 saturated heterocycles. The van der Waals surface area contributed by atoms with Gasteiger partial charge in [0.15, 0.2) is 0 Å². The summed E-state index contributed by atoms with van der Waals surface area (Å²) in [7, 11) is 0. The van der Waals surface area contributed by atoms with Crippen molar-refractivity contribution >= 4 is 23.1 Å². The van der Waals surface area contributed by atoms with Crippen LogP contribution in [0.3, 0.4) is 0 Å². The average Bonchev–Trinajstić information content (AvgIpc) is 2.03. The molecular weight excluding hydrogens is 192 g/mol. The van der Waals surface area contributed by atoms with Crippen LogP contribution >= 0.6 is 0 Å². The summed E-state index contributed by atoms with van der Waals surface area (Å²) < 4.78 is 0. The molecule has 0 aliphatic heterocycles. The van der Waals surface area contributed by atoms with E-state index in [1.54, 1.807) is 0 Å². The summed E-state index contributed by atoms with van der Waals surface area (Å²) in [6.07, 6.45) is 2.34. The van der Waals surface area contributed by atoms with Crippen LogP contribution in [0, 0.1) is 12.8 Å². The second-order valence-corrected chi connectivity index (χ2v) is 3.13. The summed E-state index contributed by atoms with van der Waals surface area (Å²) in [5, 5.41) is 0. The molecule has 1 rings (SSSR count). The first kappa shape index (κ1) is 15.7. The van der Waals surface area contributed by atoms with Crippen molar-refractivity contribution in [2.24, 2.45) is 5.92 Å². The predicted octanol–water partition coefficient (Wildman–Crippen LogP) is -0.287. The quantitative estimate of drug-likeness (QED) is 0.472. The number of benzene rings is 1. The molecule has 0 aliphatic rings. The smallest absolute Gasteiger partial charge is 1.00 e. The van der Waals surface area contributed by atoms with Gasteiger partial charge in [-0.15, -0.1) is 0 Å². The Morgan fingerprint density at radius 1 is 1.23 bits per heavy atom. The third kappa shape index (κ3) is 7.36. The van der Waals surface area contributed by atoms with Crippen LogP contribution in [-0.2, 0) is 6.42 Å². The van der Waals surface area contributed by atoms with Gasteiger partial charge in [-0.1, -0.05) is 43.7 Å². The van der Waals surface area contributed by atoms with Crippen molar-refractivity contribution in [1.29, 1.82) is 0 Å². The molecule has 0 bridgehead atoms. The minimum absolute atomic E-state index is 0. The predicted molar refractivity (Wildman–Crippen MR) is 55.0 cm³/mol. The third-order valence-corrected chi connectivity index (χ3v) is 1.77. The van der Waals surface area contributed by atoms with E-state index in [9.17, 15) is 0 Å². The Kier molecular flexibility index (Phi) is 10.7. The molecule has 0 spiro atoms. The van der Waals surface area contributed by atoms with E-state index < -0.39 is 0 Å². The van der Waals surface area contributed by atoms with E-state index in [4.69, 9.17) is 0 Å². The van der Waals surface area contributed by atoms with Crippen molar-refractivity contribution in [2.75, 3.05) is 0 Å². The van der Waals surface area contributed by atoms with Crippen LogP contribution in [0.25, 0.3) is 0 Å². The number of halogens is 1. The maximum absolute atomic E-state index is 3.95. The molecular formula is C11H15ClMg. The number of aryl methyl sites for hydroxylation is 1. The van der Waals surface area contributed by atoms with Gasteiger partial charge in [0, 0.05) is 0 Å². The van der Waals surface area contributed by atoms with E-state index >= 15 is 0 Å². The first-order valence-electron chi connectivity index (χ1n) is 4.16. The first-order chi connectivity index (χ1) is 5.29. The van der Waals surface area contributed by atoms with Crippen LogP contribution in [-0.4, -0.2) is 23.1 Å². The summed E-state index contributed by atoms with van der Waals surface area (Å²) in [5.41, 5.74) is 1.42. The monoisotopic (exact) mass is 206 g/mol. The molecule has 13 heavy (non-hydrogen) atoms. The topological polar surface area (TPSA) is 0 Å². The minimum Gasteiger partial charge on any atom is -1.00 e. The zero-order chi connectivity index (χ0) is 8.10. The summed E-state index contributed by atoms with van der Waals surface area (Å²) in [5.74, 6) is 0.565. The van der Waals surface area contributed by atoms with Gasteiger partial charge >= 0.3 is 23.1 Å². The van der Waals surface area contributed by atoms with Crippen molar-refractivity contribution in [2.45, 2.75) is 19.8 Å². The van der Waals surface area contributed by atoms with E-state index in [0.717, 1.165) is 6.42 Å². The molecule has 0 saturated carbocycles. The van der Waals surface area contributed by atoms with Crippen LogP contribution < -0.4 is 12.4 Å². The van der Waals surface area contributed by atoms with Gasteiger partial charge in [-0.2, -0.15) is 5.92 Å². The molecule has 0 amide bonds. The molecule has 0 nitrogen and oxygen atoms in total. The summed E-state index contributed by atoms with van der Waals surface area (Å²) >= 11 is 0. The molecule has 1 aromatic rings. The van der Waals surface area contributed by atoms with Crippen molar-refractivity contribution in [3.05, 3.63) is 42.8 Å². The van der Waals surface area contributed by atoms with Crippen LogP contribution in [0.15, 0.2) is 30.3 Å². The molecule has 0 heterocycles. The first-order valence-corrected chi connectivity index (χ1v) is 4.16. The van der Waals surface area contributed by atoms with Crippen molar-refractivity contribution in [3.63, 3.8) is 0 Å². The van der Waals surface area contributed by atoms with Crippen LogP contribution in [0.2, 0.25) is 0 Å². The molecule has 1 atom stereocenters. The Morgan fingerprint density at radius 2 is 1.77 bits per heavy atom. The molecule has 1 aromatic carbocycles. The number of hydrogen-bond acceptors (Lipinski definition) is 0. The van der Waals surface area contributed by atoms with Crippen molar-refractivity contribution in [1.82, 2.24) is 0 Å². The molecule has 2 heteroatoms. The minimum atomic E-state index is 0. The Morgan fingerprint density at radius 3 is 2.23 bits per heavy atom. The van der Waals surface area contributed by atoms with Crippen molar-refractivity contribution in [3.8, 4) is 0 Å². The van der Waals surface area contributed by atoms with Gasteiger partial charge in [-0.05, 0) is 12.0 Å². The van der Waals surface area contributed by atoms with Gasteiger partial charge in [0.25, 0.3) is 0 Å². The Labute approximate surface area is 104 Å². The van der Waals surface area contributed by atoms with Crippen LogP contribution in [0.5, 0.6) is 0 Å². The van der Waals surface area contributed by atoms with Crippen LogP contribution in [0.4, 0.5) is 0 Å². The summed E-state index contributed by atoms with van der Waals surface area (Å²) in [4.78, 5) is 0. The molecule has 0 fully saturated rings. The third-order valence-electron chi connectivity index (χ3n) is 1.77. The van der Waals surface area contributed by atoms with E-state index in [0.29, 0.717) is 5.92 Å². The fraction of sp³-hybridized carbons (Fsp3) is 0.364.